The lowest BCUT2D eigenvalue weighted by atomic mass is 10.0. The quantitative estimate of drug-likeness (QED) is 0.590. The van der Waals surface area contributed by atoms with Gasteiger partial charge in [0, 0.05) is 0 Å². The highest BCUT2D eigenvalue weighted by atomic mass is 28.3. The van der Waals surface area contributed by atoms with E-state index in [0.29, 0.717) is 6.04 Å². The summed E-state index contributed by atoms with van der Waals surface area (Å²) in [6.07, 6.45) is 6.39. The Morgan fingerprint density at radius 2 is 1.71 bits per heavy atom. The van der Waals surface area contributed by atoms with Crippen molar-refractivity contribution in [2.75, 3.05) is 13.1 Å². The van der Waals surface area contributed by atoms with E-state index in [1.54, 1.807) is 0 Å². The molecule has 0 N–H and O–H groups in total. The van der Waals surface area contributed by atoms with Crippen LogP contribution in [0.2, 0.25) is 19.6 Å². The minimum atomic E-state index is -1.28. The summed E-state index contributed by atoms with van der Waals surface area (Å²) < 4.78 is 0. The minimum absolute atomic E-state index is 0.456. The average Bonchev–Trinajstić information content (AvgIpc) is 2.48. The molecular formula is C19H29NSi. The third-order valence-corrected chi connectivity index (χ3v) is 4.89. The van der Waals surface area contributed by atoms with E-state index in [9.17, 15) is 0 Å². The molecule has 114 valence electrons. The zero-order valence-corrected chi connectivity index (χ0v) is 14.9. The Hall–Kier alpha value is -1.04. The summed E-state index contributed by atoms with van der Waals surface area (Å²) in [6, 6.07) is 11.3. The van der Waals surface area contributed by atoms with E-state index in [1.807, 2.05) is 0 Å². The van der Waals surface area contributed by atoms with Crippen LogP contribution in [-0.2, 0) is 6.42 Å². The van der Waals surface area contributed by atoms with Gasteiger partial charge < -0.3 is 0 Å². The summed E-state index contributed by atoms with van der Waals surface area (Å²) in [5.74, 6) is 3.64. The Morgan fingerprint density at radius 3 is 2.33 bits per heavy atom. The number of hydrogen-bond acceptors (Lipinski definition) is 1. The summed E-state index contributed by atoms with van der Waals surface area (Å²) in [5.41, 5.74) is 5.04. The van der Waals surface area contributed by atoms with Crippen LogP contribution in [0.3, 0.4) is 0 Å². The summed E-state index contributed by atoms with van der Waals surface area (Å²) in [5, 5.41) is 0. The molecule has 2 rings (SSSR count). The molecule has 21 heavy (non-hydrogen) atoms. The predicted molar refractivity (Wildman–Crippen MR) is 95.1 cm³/mol. The first-order valence-electron chi connectivity index (χ1n) is 8.35. The molecule has 1 saturated heterocycles. The van der Waals surface area contributed by atoms with Crippen molar-refractivity contribution in [3.63, 3.8) is 0 Å². The molecule has 1 aromatic carbocycles. The molecule has 0 radical (unpaired) electrons. The summed E-state index contributed by atoms with van der Waals surface area (Å²) in [4.78, 5) is 2.62. The number of rotatable bonds is 4. The van der Waals surface area contributed by atoms with Crippen molar-refractivity contribution >= 4 is 8.07 Å². The van der Waals surface area contributed by atoms with E-state index in [1.165, 1.54) is 44.3 Å². The number of benzene rings is 1. The molecule has 1 heterocycles. The predicted octanol–water partition coefficient (Wildman–Crippen LogP) is 4.35. The Bertz CT molecular complexity index is 472. The molecule has 1 fully saturated rings. The van der Waals surface area contributed by atoms with Crippen LogP contribution in [0, 0.1) is 11.5 Å². The molecule has 2 heteroatoms. The fourth-order valence-electron chi connectivity index (χ4n) is 2.82. The van der Waals surface area contributed by atoms with E-state index in [4.69, 9.17) is 0 Å². The van der Waals surface area contributed by atoms with Crippen molar-refractivity contribution in [3.8, 4) is 11.5 Å². The van der Waals surface area contributed by atoms with Gasteiger partial charge in [-0.05, 0) is 44.3 Å². The maximum Gasteiger partial charge on any atom is 0.129 e. The number of likely N-dealkylation sites (tertiary alicyclic amines) is 1. The fourth-order valence-corrected chi connectivity index (χ4v) is 3.42. The zero-order valence-electron chi connectivity index (χ0n) is 13.9. The molecular weight excluding hydrogens is 270 g/mol. The normalized spacial score (nSPS) is 17.9. The van der Waals surface area contributed by atoms with Gasteiger partial charge in [-0.1, -0.05) is 62.3 Å². The molecule has 0 saturated carbocycles. The number of aryl methyl sites for hydroxylation is 1. The third-order valence-electron chi connectivity index (χ3n) is 3.99. The second-order valence-electron chi connectivity index (χ2n) is 7.16. The maximum absolute atomic E-state index is 3.64. The van der Waals surface area contributed by atoms with Gasteiger partial charge in [-0.15, -0.1) is 5.54 Å². The third kappa shape index (κ3) is 6.07. The molecule has 1 aromatic rings. The smallest absolute Gasteiger partial charge is 0.129 e. The largest absolute Gasteiger partial charge is 0.290 e. The van der Waals surface area contributed by atoms with Gasteiger partial charge in [0.25, 0.3) is 0 Å². The summed E-state index contributed by atoms with van der Waals surface area (Å²) >= 11 is 0. The van der Waals surface area contributed by atoms with Crippen molar-refractivity contribution < 1.29 is 0 Å². The molecule has 1 atom stereocenters. The monoisotopic (exact) mass is 299 g/mol. The van der Waals surface area contributed by atoms with Crippen LogP contribution in [0.15, 0.2) is 30.3 Å². The zero-order chi connectivity index (χ0) is 15.1. The van der Waals surface area contributed by atoms with Crippen LogP contribution < -0.4 is 0 Å². The van der Waals surface area contributed by atoms with Gasteiger partial charge in [-0.3, -0.25) is 4.90 Å². The maximum atomic E-state index is 3.64. The molecule has 1 aliphatic heterocycles. The first kappa shape index (κ1) is 16.3. The Labute approximate surface area is 131 Å². The molecule has 1 unspecified atom stereocenters. The van der Waals surface area contributed by atoms with E-state index >= 15 is 0 Å². The Balaban J connectivity index is 2.01. The van der Waals surface area contributed by atoms with Crippen LogP contribution in [0.25, 0.3) is 0 Å². The van der Waals surface area contributed by atoms with Gasteiger partial charge in [0.15, 0.2) is 0 Å². The molecule has 0 aliphatic carbocycles. The number of nitrogens with zero attached hydrogens (tertiary/aromatic N) is 1. The Kier molecular flexibility index (Phi) is 6.08. The lowest BCUT2D eigenvalue weighted by Gasteiger charge is -2.32. The molecule has 0 aromatic heterocycles. The lowest BCUT2D eigenvalue weighted by Crippen LogP contribution is -2.39. The highest BCUT2D eigenvalue weighted by molar-refractivity contribution is 6.83. The van der Waals surface area contributed by atoms with Crippen LogP contribution in [0.1, 0.15) is 31.2 Å². The van der Waals surface area contributed by atoms with Crippen molar-refractivity contribution in [2.24, 2.45) is 0 Å². The van der Waals surface area contributed by atoms with Gasteiger partial charge >= 0.3 is 0 Å². The lowest BCUT2D eigenvalue weighted by molar-refractivity contribution is 0.189. The second kappa shape index (κ2) is 7.82. The van der Waals surface area contributed by atoms with E-state index in [-0.39, 0.29) is 0 Å². The van der Waals surface area contributed by atoms with E-state index < -0.39 is 8.07 Å². The van der Waals surface area contributed by atoms with Gasteiger partial charge in [0.1, 0.15) is 8.07 Å². The summed E-state index contributed by atoms with van der Waals surface area (Å²) in [6.45, 7) is 9.49. The van der Waals surface area contributed by atoms with Crippen molar-refractivity contribution in [1.29, 1.82) is 0 Å². The standard InChI is InChI=1S/C19H29NSi/c1-21(2,3)17-14-19(20-15-8-5-9-16-20)13-12-18-10-6-4-7-11-18/h4,6-7,10-11,19H,5,8-9,12-13,15-16H2,1-3H3. The van der Waals surface area contributed by atoms with Crippen LogP contribution in [0.4, 0.5) is 0 Å². The minimum Gasteiger partial charge on any atom is -0.290 e. The van der Waals surface area contributed by atoms with Crippen LogP contribution in [-0.4, -0.2) is 32.1 Å². The van der Waals surface area contributed by atoms with E-state index in [2.05, 4.69) is 66.3 Å². The fraction of sp³-hybridized carbons (Fsp3) is 0.579. The van der Waals surface area contributed by atoms with Gasteiger partial charge in [-0.2, -0.15) is 0 Å². The van der Waals surface area contributed by atoms with Crippen molar-refractivity contribution in [2.45, 2.75) is 57.8 Å². The van der Waals surface area contributed by atoms with Crippen molar-refractivity contribution in [3.05, 3.63) is 35.9 Å². The molecule has 0 amide bonds. The number of hydrogen-bond donors (Lipinski definition) is 0. The molecule has 0 spiro atoms. The van der Waals surface area contributed by atoms with Crippen molar-refractivity contribution in [1.82, 2.24) is 4.90 Å². The number of piperidine rings is 1. The van der Waals surface area contributed by atoms with Gasteiger partial charge in [-0.25, -0.2) is 0 Å². The summed E-state index contributed by atoms with van der Waals surface area (Å²) in [7, 11) is -1.28. The first-order valence-corrected chi connectivity index (χ1v) is 11.9. The molecule has 1 aliphatic rings. The van der Waals surface area contributed by atoms with E-state index in [0.717, 1.165) is 6.42 Å². The topological polar surface area (TPSA) is 3.24 Å². The van der Waals surface area contributed by atoms with Crippen LogP contribution >= 0.6 is 0 Å². The molecule has 0 bridgehead atoms. The molecule has 1 nitrogen and oxygen atoms in total. The SMILES string of the molecule is C[Si](C)(C)C#CC(CCc1ccccc1)N1CCCCC1. The van der Waals surface area contributed by atoms with Gasteiger partial charge in [0.2, 0.25) is 0 Å². The highest BCUT2D eigenvalue weighted by Gasteiger charge is 2.19. The Morgan fingerprint density at radius 1 is 1.05 bits per heavy atom. The average molecular weight is 300 g/mol. The van der Waals surface area contributed by atoms with Gasteiger partial charge in [0.05, 0.1) is 6.04 Å². The van der Waals surface area contributed by atoms with Crippen LogP contribution in [0.5, 0.6) is 0 Å². The second-order valence-corrected chi connectivity index (χ2v) is 11.9. The highest BCUT2D eigenvalue weighted by Crippen LogP contribution is 2.16. The first-order chi connectivity index (χ1) is 10.0.